The number of nitrogens with zero attached hydrogens (tertiary/aromatic N) is 3. The van der Waals surface area contributed by atoms with Gasteiger partial charge in [0.1, 0.15) is 30.6 Å². The molecule has 0 radical (unpaired) electrons. The number of ether oxygens (including phenoxy) is 2. The van der Waals surface area contributed by atoms with Crippen LogP contribution in [0.3, 0.4) is 0 Å². The fourth-order valence-electron chi connectivity index (χ4n) is 3.73. The molecular weight excluding hydrogens is 408 g/mol. The van der Waals surface area contributed by atoms with Gasteiger partial charge < -0.3 is 13.9 Å². The summed E-state index contributed by atoms with van der Waals surface area (Å²) in [6.45, 7) is 8.58. The number of nitriles is 1. The number of rotatable bonds is 5. The van der Waals surface area contributed by atoms with Crippen molar-refractivity contribution in [1.82, 2.24) is 9.99 Å². The van der Waals surface area contributed by atoms with E-state index < -0.39 is 0 Å². The summed E-state index contributed by atoms with van der Waals surface area (Å²) in [5.74, 6) is 2.31. The SMILES string of the molecule is Cc1oc(-n2c(C)cc(/C=N/NC(=O)Cc3ccc4c(c3)OCCO4)c2C)c(C#N)c1C. The van der Waals surface area contributed by atoms with Gasteiger partial charge in [0.05, 0.1) is 12.6 Å². The topological polar surface area (TPSA) is 102 Å². The van der Waals surface area contributed by atoms with E-state index in [4.69, 9.17) is 13.9 Å². The summed E-state index contributed by atoms with van der Waals surface area (Å²) in [4.78, 5) is 12.3. The highest BCUT2D eigenvalue weighted by Gasteiger charge is 2.20. The molecule has 0 fully saturated rings. The maximum atomic E-state index is 12.3. The molecule has 32 heavy (non-hydrogen) atoms. The van der Waals surface area contributed by atoms with Gasteiger partial charge in [0.15, 0.2) is 11.5 Å². The van der Waals surface area contributed by atoms with Gasteiger partial charge in [-0.1, -0.05) is 6.07 Å². The third kappa shape index (κ3) is 3.97. The Bertz CT molecular complexity index is 1260. The van der Waals surface area contributed by atoms with E-state index in [2.05, 4.69) is 16.6 Å². The number of furan rings is 1. The molecule has 0 spiro atoms. The van der Waals surface area contributed by atoms with E-state index in [0.717, 1.165) is 28.1 Å². The Hall–Kier alpha value is -3.99. The van der Waals surface area contributed by atoms with Crippen molar-refractivity contribution < 1.29 is 18.7 Å². The molecule has 164 valence electrons. The van der Waals surface area contributed by atoms with Crippen molar-refractivity contribution in [2.24, 2.45) is 5.10 Å². The molecule has 3 heterocycles. The summed E-state index contributed by atoms with van der Waals surface area (Å²) in [5.41, 5.74) is 7.30. The van der Waals surface area contributed by atoms with E-state index in [1.165, 1.54) is 0 Å². The zero-order chi connectivity index (χ0) is 22.8. The number of hydrogen-bond donors (Lipinski definition) is 1. The molecule has 0 atom stereocenters. The highest BCUT2D eigenvalue weighted by atomic mass is 16.6. The van der Waals surface area contributed by atoms with Crippen molar-refractivity contribution in [3.8, 4) is 23.5 Å². The Balaban J connectivity index is 1.47. The van der Waals surface area contributed by atoms with E-state index in [1.807, 2.05) is 56.5 Å². The first-order valence-corrected chi connectivity index (χ1v) is 10.3. The first kappa shape index (κ1) is 21.2. The van der Waals surface area contributed by atoms with Gasteiger partial charge in [0.25, 0.3) is 0 Å². The Kier molecular flexibility index (Phi) is 5.73. The molecule has 8 nitrogen and oxygen atoms in total. The molecule has 1 N–H and O–H groups in total. The number of hydrazone groups is 1. The number of carbonyl (C=O) groups is 1. The van der Waals surface area contributed by atoms with Crippen LogP contribution in [-0.2, 0) is 11.2 Å². The number of aromatic nitrogens is 1. The van der Waals surface area contributed by atoms with Crippen molar-refractivity contribution in [3.63, 3.8) is 0 Å². The minimum absolute atomic E-state index is 0.170. The minimum Gasteiger partial charge on any atom is -0.486 e. The summed E-state index contributed by atoms with van der Waals surface area (Å²) in [7, 11) is 0. The van der Waals surface area contributed by atoms with Crippen LogP contribution in [0.1, 0.15) is 39.4 Å². The fourth-order valence-corrected chi connectivity index (χ4v) is 3.73. The van der Waals surface area contributed by atoms with Crippen LogP contribution in [0.25, 0.3) is 5.88 Å². The molecule has 1 aliphatic heterocycles. The standard InChI is InChI=1S/C24H24N4O4/c1-14-9-19(16(3)28(14)24-20(12-25)15(2)17(4)32-24)13-26-27-23(29)11-18-5-6-21-22(10-18)31-8-7-30-21/h5-6,9-10,13H,7-8,11H2,1-4H3,(H,27,29)/b26-13+. The van der Waals surface area contributed by atoms with E-state index in [9.17, 15) is 10.1 Å². The van der Waals surface area contributed by atoms with Gasteiger partial charge in [0, 0.05) is 22.5 Å². The Morgan fingerprint density at radius 3 is 2.69 bits per heavy atom. The fraction of sp³-hybridized carbons (Fsp3) is 0.292. The van der Waals surface area contributed by atoms with Gasteiger partial charge >= 0.3 is 0 Å². The second-order valence-corrected chi connectivity index (χ2v) is 7.69. The Labute approximate surface area is 186 Å². The van der Waals surface area contributed by atoms with Crippen molar-refractivity contribution in [3.05, 3.63) is 63.7 Å². The molecule has 0 saturated carbocycles. The van der Waals surface area contributed by atoms with Gasteiger partial charge in [-0.2, -0.15) is 10.4 Å². The highest BCUT2D eigenvalue weighted by molar-refractivity contribution is 5.85. The van der Waals surface area contributed by atoms with Crippen LogP contribution in [0.5, 0.6) is 11.5 Å². The Morgan fingerprint density at radius 1 is 1.19 bits per heavy atom. The van der Waals surface area contributed by atoms with Crippen LogP contribution in [-0.4, -0.2) is 29.9 Å². The molecule has 3 aromatic rings. The molecule has 2 aromatic heterocycles. The average Bonchev–Trinajstić information content (AvgIpc) is 3.21. The molecular formula is C24H24N4O4. The summed E-state index contributed by atoms with van der Waals surface area (Å²) >= 11 is 0. The Morgan fingerprint density at radius 2 is 1.94 bits per heavy atom. The van der Waals surface area contributed by atoms with Crippen LogP contribution in [0.2, 0.25) is 0 Å². The van der Waals surface area contributed by atoms with Gasteiger partial charge in [-0.05, 0) is 51.5 Å². The van der Waals surface area contributed by atoms with Crippen molar-refractivity contribution in [2.75, 3.05) is 13.2 Å². The molecule has 0 aliphatic carbocycles. The monoisotopic (exact) mass is 432 g/mol. The lowest BCUT2D eigenvalue weighted by Gasteiger charge is -2.18. The second-order valence-electron chi connectivity index (χ2n) is 7.69. The van der Waals surface area contributed by atoms with Crippen molar-refractivity contribution >= 4 is 12.1 Å². The first-order valence-electron chi connectivity index (χ1n) is 10.3. The van der Waals surface area contributed by atoms with E-state index in [0.29, 0.717) is 41.9 Å². The third-order valence-corrected chi connectivity index (χ3v) is 5.52. The predicted molar refractivity (Wildman–Crippen MR) is 119 cm³/mol. The second kappa shape index (κ2) is 8.63. The van der Waals surface area contributed by atoms with E-state index in [-0.39, 0.29) is 12.3 Å². The highest BCUT2D eigenvalue weighted by Crippen LogP contribution is 2.31. The lowest BCUT2D eigenvalue weighted by molar-refractivity contribution is -0.120. The van der Waals surface area contributed by atoms with Crippen LogP contribution in [0.4, 0.5) is 0 Å². The molecule has 0 unspecified atom stereocenters. The smallest absolute Gasteiger partial charge is 0.244 e. The van der Waals surface area contributed by atoms with Crippen molar-refractivity contribution in [2.45, 2.75) is 34.1 Å². The molecule has 0 saturated heterocycles. The molecule has 0 bridgehead atoms. The normalized spacial score (nSPS) is 12.7. The zero-order valence-corrected chi connectivity index (χ0v) is 18.5. The quantitative estimate of drug-likeness (QED) is 0.490. The molecule has 4 rings (SSSR count). The molecule has 1 aromatic carbocycles. The van der Waals surface area contributed by atoms with Crippen molar-refractivity contribution in [1.29, 1.82) is 5.26 Å². The maximum Gasteiger partial charge on any atom is 0.244 e. The number of benzene rings is 1. The maximum absolute atomic E-state index is 12.3. The van der Waals surface area contributed by atoms with Crippen LogP contribution >= 0.6 is 0 Å². The summed E-state index contributed by atoms with van der Waals surface area (Å²) in [5, 5.41) is 13.6. The minimum atomic E-state index is -0.240. The number of nitrogens with one attached hydrogen (secondary N) is 1. The lowest BCUT2D eigenvalue weighted by atomic mass is 10.1. The summed E-state index contributed by atoms with van der Waals surface area (Å²) in [6, 6.07) is 9.61. The summed E-state index contributed by atoms with van der Waals surface area (Å²) in [6.07, 6.45) is 1.76. The van der Waals surface area contributed by atoms with E-state index >= 15 is 0 Å². The van der Waals surface area contributed by atoms with E-state index in [1.54, 1.807) is 6.21 Å². The largest absolute Gasteiger partial charge is 0.486 e. The first-order chi connectivity index (χ1) is 15.4. The predicted octanol–water partition coefficient (Wildman–Crippen LogP) is 3.64. The average molecular weight is 432 g/mol. The molecule has 8 heteroatoms. The van der Waals surface area contributed by atoms with Crippen LogP contribution < -0.4 is 14.9 Å². The van der Waals surface area contributed by atoms with Gasteiger partial charge in [-0.15, -0.1) is 0 Å². The molecule has 1 amide bonds. The van der Waals surface area contributed by atoms with Crippen LogP contribution in [0.15, 0.2) is 33.8 Å². The number of aryl methyl sites for hydroxylation is 2. The third-order valence-electron chi connectivity index (χ3n) is 5.52. The number of hydrogen-bond acceptors (Lipinski definition) is 6. The molecule has 1 aliphatic rings. The number of carbonyl (C=O) groups excluding carboxylic acids is 1. The zero-order valence-electron chi connectivity index (χ0n) is 18.5. The van der Waals surface area contributed by atoms with Gasteiger partial charge in [0.2, 0.25) is 11.8 Å². The van der Waals surface area contributed by atoms with Crippen LogP contribution in [0, 0.1) is 39.0 Å². The lowest BCUT2D eigenvalue weighted by Crippen LogP contribution is -2.20. The van der Waals surface area contributed by atoms with Gasteiger partial charge in [-0.3, -0.25) is 9.36 Å². The summed E-state index contributed by atoms with van der Waals surface area (Å²) < 4.78 is 18.8. The van der Waals surface area contributed by atoms with Gasteiger partial charge in [-0.25, -0.2) is 5.43 Å². The number of amides is 1. The number of fused-ring (bicyclic) bond motifs is 1.